The minimum atomic E-state index is -0.831. The SMILES string of the molecule is O=C(Nc1ncc([N+](=O)[O-])s1)[C@@H]1COc2ccccc2O1. The molecule has 0 radical (unpaired) electrons. The number of nitro groups is 1. The number of anilines is 1. The van der Waals surface area contributed by atoms with E-state index in [1.54, 1.807) is 24.3 Å². The molecule has 1 atom stereocenters. The molecule has 0 saturated carbocycles. The van der Waals surface area contributed by atoms with E-state index in [0.717, 1.165) is 17.5 Å². The second-order valence-electron chi connectivity index (χ2n) is 4.11. The molecular formula is C12H9N3O5S. The number of amides is 1. The summed E-state index contributed by atoms with van der Waals surface area (Å²) in [5.41, 5.74) is 0. The number of nitrogens with zero attached hydrogens (tertiary/aromatic N) is 2. The van der Waals surface area contributed by atoms with Crippen LogP contribution in [0.15, 0.2) is 30.5 Å². The van der Waals surface area contributed by atoms with E-state index in [1.165, 1.54) is 0 Å². The van der Waals surface area contributed by atoms with Crippen LogP contribution in [-0.4, -0.2) is 28.5 Å². The molecule has 108 valence electrons. The highest BCUT2D eigenvalue weighted by atomic mass is 32.1. The number of nitrogens with one attached hydrogen (secondary N) is 1. The summed E-state index contributed by atoms with van der Waals surface area (Å²) in [6.45, 7) is 0.0658. The largest absolute Gasteiger partial charge is 0.485 e. The van der Waals surface area contributed by atoms with Crippen molar-refractivity contribution in [3.8, 4) is 11.5 Å². The summed E-state index contributed by atoms with van der Waals surface area (Å²) < 4.78 is 11.0. The highest BCUT2D eigenvalue weighted by molar-refractivity contribution is 7.18. The van der Waals surface area contributed by atoms with Gasteiger partial charge in [0.25, 0.3) is 5.91 Å². The molecule has 0 spiro atoms. The number of aromatic nitrogens is 1. The maximum Gasteiger partial charge on any atom is 0.345 e. The van der Waals surface area contributed by atoms with Crippen LogP contribution in [0.2, 0.25) is 0 Å². The number of carbonyl (C=O) groups is 1. The predicted octanol–water partition coefficient (Wildman–Crippen LogP) is 1.83. The number of hydrogen-bond acceptors (Lipinski definition) is 7. The Morgan fingerprint density at radius 2 is 2.19 bits per heavy atom. The van der Waals surface area contributed by atoms with Crippen LogP contribution in [0.1, 0.15) is 0 Å². The number of hydrogen-bond donors (Lipinski definition) is 1. The molecule has 1 N–H and O–H groups in total. The Bertz CT molecular complexity index is 702. The van der Waals surface area contributed by atoms with Crippen LogP contribution in [0.5, 0.6) is 11.5 Å². The van der Waals surface area contributed by atoms with Gasteiger partial charge in [0, 0.05) is 0 Å². The molecule has 1 aliphatic heterocycles. The van der Waals surface area contributed by atoms with Crippen molar-refractivity contribution in [1.82, 2.24) is 4.98 Å². The third-order valence-electron chi connectivity index (χ3n) is 2.70. The minimum absolute atomic E-state index is 0.0658. The van der Waals surface area contributed by atoms with Gasteiger partial charge in [-0.3, -0.25) is 20.2 Å². The number of thiazole rings is 1. The van der Waals surface area contributed by atoms with Gasteiger partial charge in [-0.15, -0.1) is 0 Å². The molecule has 0 aliphatic carbocycles. The quantitative estimate of drug-likeness (QED) is 0.685. The van der Waals surface area contributed by atoms with Gasteiger partial charge in [-0.1, -0.05) is 12.1 Å². The molecule has 1 aromatic heterocycles. The lowest BCUT2D eigenvalue weighted by Gasteiger charge is -2.25. The van der Waals surface area contributed by atoms with Crippen LogP contribution in [0.4, 0.5) is 10.1 Å². The lowest BCUT2D eigenvalue weighted by atomic mass is 10.2. The Balaban J connectivity index is 1.67. The van der Waals surface area contributed by atoms with Crippen molar-refractivity contribution in [1.29, 1.82) is 0 Å². The van der Waals surface area contributed by atoms with Gasteiger partial charge >= 0.3 is 5.00 Å². The molecule has 0 fully saturated rings. The summed E-state index contributed by atoms with van der Waals surface area (Å²) >= 11 is 0.780. The van der Waals surface area contributed by atoms with Crippen LogP contribution in [-0.2, 0) is 4.79 Å². The van der Waals surface area contributed by atoms with Crippen molar-refractivity contribution in [2.75, 3.05) is 11.9 Å². The Hall–Kier alpha value is -2.68. The maximum atomic E-state index is 12.0. The van der Waals surface area contributed by atoms with E-state index >= 15 is 0 Å². The van der Waals surface area contributed by atoms with E-state index in [-0.39, 0.29) is 16.7 Å². The first-order chi connectivity index (χ1) is 10.1. The minimum Gasteiger partial charge on any atom is -0.485 e. The fourth-order valence-corrected chi connectivity index (χ4v) is 2.38. The lowest BCUT2D eigenvalue weighted by Crippen LogP contribution is -2.40. The number of benzene rings is 1. The zero-order valence-electron chi connectivity index (χ0n) is 10.5. The molecular weight excluding hydrogens is 298 g/mol. The molecule has 8 nitrogen and oxygen atoms in total. The molecule has 1 aromatic carbocycles. The molecule has 2 heterocycles. The molecule has 0 bridgehead atoms. The van der Waals surface area contributed by atoms with Crippen LogP contribution < -0.4 is 14.8 Å². The predicted molar refractivity (Wildman–Crippen MR) is 73.8 cm³/mol. The second-order valence-corrected chi connectivity index (χ2v) is 5.12. The number of fused-ring (bicyclic) bond motifs is 1. The van der Waals surface area contributed by atoms with Crippen molar-refractivity contribution < 1.29 is 19.2 Å². The molecule has 1 amide bonds. The smallest absolute Gasteiger partial charge is 0.345 e. The monoisotopic (exact) mass is 307 g/mol. The maximum absolute atomic E-state index is 12.0. The average Bonchev–Trinajstić information content (AvgIpc) is 2.95. The van der Waals surface area contributed by atoms with E-state index in [0.29, 0.717) is 11.5 Å². The van der Waals surface area contributed by atoms with Crippen LogP contribution in [0.3, 0.4) is 0 Å². The van der Waals surface area contributed by atoms with Crippen molar-refractivity contribution >= 4 is 27.4 Å². The molecule has 3 rings (SSSR count). The number of para-hydroxylation sites is 2. The molecule has 0 saturated heterocycles. The standard InChI is InChI=1S/C12H9N3O5S/c16-11(14-12-13-5-10(21-12)15(17)18)9-6-19-7-3-1-2-4-8(7)20-9/h1-5,9H,6H2,(H,13,14,16)/t9-/m0/s1. The summed E-state index contributed by atoms with van der Waals surface area (Å²) in [5.74, 6) is 0.592. The third-order valence-corrected chi connectivity index (χ3v) is 3.57. The van der Waals surface area contributed by atoms with E-state index in [2.05, 4.69) is 10.3 Å². The third kappa shape index (κ3) is 2.77. The zero-order valence-corrected chi connectivity index (χ0v) is 11.3. The second kappa shape index (κ2) is 5.37. The van der Waals surface area contributed by atoms with E-state index in [9.17, 15) is 14.9 Å². The van der Waals surface area contributed by atoms with Gasteiger partial charge in [0.15, 0.2) is 16.6 Å². The molecule has 21 heavy (non-hydrogen) atoms. The van der Waals surface area contributed by atoms with Crippen LogP contribution in [0, 0.1) is 10.1 Å². The first-order valence-corrected chi connectivity index (χ1v) is 6.75. The summed E-state index contributed by atoms with van der Waals surface area (Å²) in [6.07, 6.45) is 0.260. The van der Waals surface area contributed by atoms with Gasteiger partial charge < -0.3 is 9.47 Å². The summed E-state index contributed by atoms with van der Waals surface area (Å²) in [6, 6.07) is 7.01. The van der Waals surface area contributed by atoms with Gasteiger partial charge in [0.05, 0.1) is 4.92 Å². The van der Waals surface area contributed by atoms with Crippen molar-refractivity contribution in [2.24, 2.45) is 0 Å². The van der Waals surface area contributed by atoms with Gasteiger partial charge in [-0.2, -0.15) is 0 Å². The van der Waals surface area contributed by atoms with Crippen molar-refractivity contribution in [3.05, 3.63) is 40.6 Å². The highest BCUT2D eigenvalue weighted by Crippen LogP contribution is 2.31. The summed E-state index contributed by atoms with van der Waals surface area (Å²) in [7, 11) is 0. The van der Waals surface area contributed by atoms with E-state index < -0.39 is 16.9 Å². The number of carbonyl (C=O) groups excluding carboxylic acids is 1. The van der Waals surface area contributed by atoms with Gasteiger partial charge in [-0.05, 0) is 23.5 Å². The van der Waals surface area contributed by atoms with E-state index in [4.69, 9.17) is 9.47 Å². The van der Waals surface area contributed by atoms with Gasteiger partial charge in [-0.25, -0.2) is 4.98 Å². The van der Waals surface area contributed by atoms with Gasteiger partial charge in [0.1, 0.15) is 12.8 Å². The Morgan fingerprint density at radius 3 is 2.90 bits per heavy atom. The number of ether oxygens (including phenoxy) is 2. The van der Waals surface area contributed by atoms with Gasteiger partial charge in [0.2, 0.25) is 6.10 Å². The topological polar surface area (TPSA) is 104 Å². The lowest BCUT2D eigenvalue weighted by molar-refractivity contribution is -0.380. The van der Waals surface area contributed by atoms with E-state index in [1.807, 2.05) is 0 Å². The molecule has 9 heteroatoms. The first kappa shape index (κ1) is 13.3. The Kier molecular flexibility index (Phi) is 3.40. The Morgan fingerprint density at radius 1 is 1.43 bits per heavy atom. The van der Waals surface area contributed by atoms with Crippen molar-refractivity contribution in [3.63, 3.8) is 0 Å². The zero-order chi connectivity index (χ0) is 14.8. The molecule has 2 aromatic rings. The normalized spacial score (nSPS) is 16.3. The average molecular weight is 307 g/mol. The number of rotatable bonds is 3. The fraction of sp³-hybridized carbons (Fsp3) is 0.167. The summed E-state index contributed by atoms with van der Waals surface area (Å²) in [4.78, 5) is 25.8. The van der Waals surface area contributed by atoms with Crippen LogP contribution in [0.25, 0.3) is 0 Å². The highest BCUT2D eigenvalue weighted by Gasteiger charge is 2.28. The fourth-order valence-electron chi connectivity index (χ4n) is 1.74. The van der Waals surface area contributed by atoms with Crippen LogP contribution >= 0.6 is 11.3 Å². The first-order valence-electron chi connectivity index (χ1n) is 5.93. The van der Waals surface area contributed by atoms with Crippen molar-refractivity contribution in [2.45, 2.75) is 6.10 Å². The Labute approximate surface area is 122 Å². The summed E-state index contributed by atoms with van der Waals surface area (Å²) in [5, 5.41) is 13.0. The molecule has 0 unspecified atom stereocenters. The molecule has 1 aliphatic rings.